The molecule has 0 bridgehead atoms. The Hall–Kier alpha value is -6.95. The van der Waals surface area contributed by atoms with E-state index in [1.54, 1.807) is 31.6 Å². The lowest BCUT2D eigenvalue weighted by atomic mass is 9.82. The highest BCUT2D eigenvalue weighted by Crippen LogP contribution is 2.50. The van der Waals surface area contributed by atoms with Crippen LogP contribution in [0.15, 0.2) is 134 Å². The third kappa shape index (κ3) is 5.38. The van der Waals surface area contributed by atoms with Crippen molar-refractivity contribution in [2.24, 2.45) is 5.92 Å². The summed E-state index contributed by atoms with van der Waals surface area (Å²) in [5, 5.41) is 33.9. The molecule has 0 fully saturated rings. The normalized spacial score (nSPS) is 17.5. The Kier molecular flexibility index (Phi) is 8.32. The van der Waals surface area contributed by atoms with Crippen molar-refractivity contribution >= 4 is 67.7 Å². The second-order valence-corrected chi connectivity index (χ2v) is 15.1. The van der Waals surface area contributed by atoms with Crippen LogP contribution in [-0.4, -0.2) is 49.5 Å². The van der Waals surface area contributed by atoms with E-state index < -0.39 is 17.4 Å². The molecule has 0 saturated carbocycles. The van der Waals surface area contributed by atoms with Gasteiger partial charge in [-0.25, -0.2) is 0 Å². The zero-order valence-corrected chi connectivity index (χ0v) is 31.6. The Morgan fingerprint density at radius 3 is 1.98 bits per heavy atom. The number of carbonyl (C=O) groups excluding carboxylic acids is 3. The summed E-state index contributed by atoms with van der Waals surface area (Å²) in [7, 11) is 0. The zero-order valence-electron chi connectivity index (χ0n) is 31.6. The maximum Gasteiger partial charge on any atom is 0.264 e. The van der Waals surface area contributed by atoms with Gasteiger partial charge < -0.3 is 15.1 Å². The zero-order chi connectivity index (χ0) is 39.7. The number of anilines is 5. The SMILES string of the molecule is C[C@H](/C=C/CCn1cc(CCO)nn1)[C@@]1(O)C(=O)N(Cc2ccc(N3C(=O)c4cccc5cccc3c45)cc2)c2ccc(N3C(=O)c4cccc5cccc3c45)cc21. The molecule has 4 heterocycles. The summed E-state index contributed by atoms with van der Waals surface area (Å²) in [6.45, 7) is 2.52. The predicted octanol–water partition coefficient (Wildman–Crippen LogP) is 7.72. The van der Waals surface area contributed by atoms with Gasteiger partial charge in [-0.15, -0.1) is 5.10 Å². The first-order valence-corrected chi connectivity index (χ1v) is 19.4. The van der Waals surface area contributed by atoms with Gasteiger partial charge in [0.2, 0.25) is 0 Å². The number of aromatic nitrogens is 3. The number of aliphatic hydroxyl groups is 2. The minimum absolute atomic E-state index is 0.00518. The third-order valence-corrected chi connectivity index (χ3v) is 11.7. The number of nitrogens with zero attached hydrogens (tertiary/aromatic N) is 6. The van der Waals surface area contributed by atoms with Crippen LogP contribution in [0.2, 0.25) is 0 Å². The Morgan fingerprint density at radius 1 is 0.741 bits per heavy atom. The molecule has 0 saturated heterocycles. The van der Waals surface area contributed by atoms with Gasteiger partial charge in [0, 0.05) is 59.4 Å². The predicted molar refractivity (Wildman–Crippen MR) is 223 cm³/mol. The molecule has 1 aromatic heterocycles. The summed E-state index contributed by atoms with van der Waals surface area (Å²) in [5.41, 5.74) is 4.67. The summed E-state index contributed by atoms with van der Waals surface area (Å²) in [6.07, 6.45) is 6.57. The maximum absolute atomic E-state index is 14.7. The highest BCUT2D eigenvalue weighted by Gasteiger charge is 2.53. The van der Waals surface area contributed by atoms with Crippen LogP contribution in [0.3, 0.4) is 0 Å². The van der Waals surface area contributed by atoms with Crippen molar-refractivity contribution in [3.05, 3.63) is 162 Å². The summed E-state index contributed by atoms with van der Waals surface area (Å²) < 4.78 is 1.70. The van der Waals surface area contributed by atoms with Crippen molar-refractivity contribution in [2.75, 3.05) is 21.3 Å². The lowest BCUT2D eigenvalue weighted by molar-refractivity contribution is -0.139. The van der Waals surface area contributed by atoms with Crippen LogP contribution in [0, 0.1) is 5.92 Å². The number of allylic oxidation sites excluding steroid dienone is 1. The number of hydrogen-bond acceptors (Lipinski definition) is 7. The Bertz CT molecular complexity index is 2860. The molecule has 3 amide bonds. The second kappa shape index (κ2) is 13.6. The number of amides is 3. The first-order valence-electron chi connectivity index (χ1n) is 19.4. The smallest absolute Gasteiger partial charge is 0.264 e. The standard InChI is InChI=1S/C47H38N6O5/c1-29(8-2-3-24-50-28-33(23-25-54)48-49-50)47(58)38-26-35(53-41-16-7-12-32-10-5-14-37(43(32)41)45(53)56)21-22-39(38)51(46(47)57)27-30-17-19-34(20-18-30)52-40-15-6-11-31-9-4-13-36(42(31)40)44(52)55/h2,4-22,26,28-29,54,58H,3,23-25,27H2,1H3/b8-2+/t29-,47+/m1/s1. The van der Waals surface area contributed by atoms with Crippen LogP contribution in [0.1, 0.15) is 50.9 Å². The molecule has 11 nitrogen and oxygen atoms in total. The van der Waals surface area contributed by atoms with Gasteiger partial charge in [0.1, 0.15) is 0 Å². The first-order chi connectivity index (χ1) is 28.3. The molecular weight excluding hydrogens is 729 g/mol. The number of aliphatic hydroxyl groups excluding tert-OH is 1. The molecule has 0 radical (unpaired) electrons. The van der Waals surface area contributed by atoms with Gasteiger partial charge in [0.25, 0.3) is 17.7 Å². The molecule has 0 aliphatic carbocycles. The van der Waals surface area contributed by atoms with Crippen molar-refractivity contribution in [3.63, 3.8) is 0 Å². The van der Waals surface area contributed by atoms with Crippen LogP contribution in [0.25, 0.3) is 21.5 Å². The van der Waals surface area contributed by atoms with Crippen LogP contribution in [0.5, 0.6) is 0 Å². The van der Waals surface area contributed by atoms with E-state index in [-0.39, 0.29) is 25.0 Å². The fourth-order valence-corrected chi connectivity index (χ4v) is 8.83. The number of fused-ring (bicyclic) bond motifs is 1. The summed E-state index contributed by atoms with van der Waals surface area (Å²) in [4.78, 5) is 47.3. The molecule has 0 spiro atoms. The molecule has 2 atom stereocenters. The molecule has 3 aliphatic heterocycles. The number of rotatable bonds is 11. The quantitative estimate of drug-likeness (QED) is 0.129. The number of aryl methyl sites for hydroxylation is 1. The van der Waals surface area contributed by atoms with E-state index in [4.69, 9.17) is 0 Å². The second-order valence-electron chi connectivity index (χ2n) is 15.1. The van der Waals surface area contributed by atoms with Crippen molar-refractivity contribution in [2.45, 2.75) is 38.5 Å². The Morgan fingerprint density at radius 2 is 1.34 bits per heavy atom. The highest BCUT2D eigenvalue weighted by molar-refractivity contribution is 6.29. The van der Waals surface area contributed by atoms with Crippen molar-refractivity contribution in [3.8, 4) is 0 Å². The first kappa shape index (κ1) is 35.5. The lowest BCUT2D eigenvalue weighted by Gasteiger charge is -2.28. The third-order valence-electron chi connectivity index (χ3n) is 11.7. The Labute approximate surface area is 333 Å². The number of hydrogen-bond donors (Lipinski definition) is 2. The van der Waals surface area contributed by atoms with Crippen LogP contribution < -0.4 is 14.7 Å². The fourth-order valence-electron chi connectivity index (χ4n) is 8.83. The summed E-state index contributed by atoms with van der Waals surface area (Å²) >= 11 is 0. The number of benzene rings is 6. The molecule has 11 heteroatoms. The largest absolute Gasteiger partial charge is 0.396 e. The minimum Gasteiger partial charge on any atom is -0.396 e. The van der Waals surface area contributed by atoms with Crippen molar-refractivity contribution in [1.82, 2.24) is 15.0 Å². The molecule has 0 unspecified atom stereocenters. The van der Waals surface area contributed by atoms with Crippen molar-refractivity contribution < 1.29 is 24.6 Å². The van der Waals surface area contributed by atoms with Crippen LogP contribution >= 0.6 is 0 Å². The lowest BCUT2D eigenvalue weighted by Crippen LogP contribution is -2.44. The van der Waals surface area contributed by atoms with Gasteiger partial charge in [-0.3, -0.25) is 28.9 Å². The maximum atomic E-state index is 14.7. The molecule has 58 heavy (non-hydrogen) atoms. The van der Waals surface area contributed by atoms with E-state index in [2.05, 4.69) is 10.3 Å². The highest BCUT2D eigenvalue weighted by atomic mass is 16.3. The molecule has 7 aromatic rings. The molecule has 286 valence electrons. The van der Waals surface area contributed by atoms with Crippen LogP contribution in [0.4, 0.5) is 28.4 Å². The number of carbonyl (C=O) groups is 3. The molecular formula is C47H38N6O5. The van der Waals surface area contributed by atoms with E-state index in [1.807, 2.05) is 128 Å². The van der Waals surface area contributed by atoms with Gasteiger partial charge in [-0.05, 0) is 77.4 Å². The van der Waals surface area contributed by atoms with Crippen LogP contribution in [-0.2, 0) is 29.9 Å². The van der Waals surface area contributed by atoms with E-state index in [0.29, 0.717) is 58.8 Å². The van der Waals surface area contributed by atoms with Gasteiger partial charge in [-0.2, -0.15) is 0 Å². The van der Waals surface area contributed by atoms with Gasteiger partial charge >= 0.3 is 0 Å². The fraction of sp³-hybridized carbons (Fsp3) is 0.170. The van der Waals surface area contributed by atoms with E-state index in [1.165, 1.54) is 0 Å². The molecule has 6 aromatic carbocycles. The molecule has 3 aliphatic rings. The van der Waals surface area contributed by atoms with E-state index in [0.717, 1.165) is 38.5 Å². The monoisotopic (exact) mass is 766 g/mol. The minimum atomic E-state index is -1.95. The average molecular weight is 767 g/mol. The molecule has 10 rings (SSSR count). The topological polar surface area (TPSA) is 132 Å². The van der Waals surface area contributed by atoms with E-state index >= 15 is 0 Å². The average Bonchev–Trinajstić information content (AvgIpc) is 3.96. The Balaban J connectivity index is 0.973. The molecule has 2 N–H and O–H groups in total. The van der Waals surface area contributed by atoms with Gasteiger partial charge in [0.05, 0.1) is 40.4 Å². The summed E-state index contributed by atoms with van der Waals surface area (Å²) in [5.74, 6) is -1.38. The van der Waals surface area contributed by atoms with Gasteiger partial charge in [0.15, 0.2) is 5.60 Å². The van der Waals surface area contributed by atoms with E-state index in [9.17, 15) is 24.6 Å². The van der Waals surface area contributed by atoms with Crippen molar-refractivity contribution in [1.29, 1.82) is 0 Å². The van der Waals surface area contributed by atoms with Gasteiger partial charge in [-0.1, -0.05) is 85.0 Å². The summed E-state index contributed by atoms with van der Waals surface area (Å²) in [6, 6.07) is 36.2.